The van der Waals surface area contributed by atoms with Crippen molar-refractivity contribution in [1.29, 1.82) is 0 Å². The average molecular weight is 175 g/mol. The van der Waals surface area contributed by atoms with Crippen molar-refractivity contribution in [2.75, 3.05) is 5.73 Å². The Morgan fingerprint density at radius 1 is 1.15 bits per heavy atom. The molecule has 0 aliphatic heterocycles. The van der Waals surface area contributed by atoms with Gasteiger partial charge in [0.15, 0.2) is 0 Å². The third-order valence-corrected chi connectivity index (χ3v) is 1.85. The van der Waals surface area contributed by atoms with Gasteiger partial charge in [-0.05, 0) is 6.07 Å². The first-order valence-electron chi connectivity index (χ1n) is 3.90. The molecule has 1 aromatic heterocycles. The number of aromatic nitrogens is 2. The number of nitrogens with one attached hydrogen (secondary N) is 2. The fourth-order valence-corrected chi connectivity index (χ4v) is 1.22. The summed E-state index contributed by atoms with van der Waals surface area (Å²) in [6.07, 6.45) is 0. The monoisotopic (exact) mass is 175 g/mol. The second-order valence-electron chi connectivity index (χ2n) is 2.76. The van der Waals surface area contributed by atoms with Gasteiger partial charge in [0.25, 0.3) is 5.56 Å². The normalized spacial score (nSPS) is 10.2. The zero-order valence-electron chi connectivity index (χ0n) is 6.87. The molecule has 0 aliphatic carbocycles. The third-order valence-electron chi connectivity index (χ3n) is 1.85. The molecule has 0 aliphatic rings. The molecule has 4 N–H and O–H groups in total. The van der Waals surface area contributed by atoms with Crippen LogP contribution in [-0.4, -0.2) is 10.2 Å². The SMILES string of the molecule is Nc1ccccc1-c1cc(=O)[nH][nH]1. The Bertz CT molecular complexity index is 469. The zero-order chi connectivity index (χ0) is 9.26. The maximum atomic E-state index is 10.8. The van der Waals surface area contributed by atoms with E-state index in [0.29, 0.717) is 11.4 Å². The van der Waals surface area contributed by atoms with E-state index < -0.39 is 0 Å². The predicted molar refractivity (Wildman–Crippen MR) is 51.3 cm³/mol. The van der Waals surface area contributed by atoms with E-state index >= 15 is 0 Å². The van der Waals surface area contributed by atoms with Gasteiger partial charge < -0.3 is 5.73 Å². The van der Waals surface area contributed by atoms with Gasteiger partial charge in [-0.25, -0.2) is 0 Å². The van der Waals surface area contributed by atoms with Crippen LogP contribution in [-0.2, 0) is 0 Å². The molecule has 2 aromatic rings. The van der Waals surface area contributed by atoms with Crippen LogP contribution in [0.2, 0.25) is 0 Å². The highest BCUT2D eigenvalue weighted by molar-refractivity contribution is 5.73. The van der Waals surface area contributed by atoms with E-state index in [1.54, 1.807) is 6.07 Å². The summed E-state index contributed by atoms with van der Waals surface area (Å²) in [6, 6.07) is 8.85. The summed E-state index contributed by atoms with van der Waals surface area (Å²) >= 11 is 0. The first-order valence-corrected chi connectivity index (χ1v) is 3.90. The Balaban J connectivity index is 2.58. The highest BCUT2D eigenvalue weighted by atomic mass is 16.1. The lowest BCUT2D eigenvalue weighted by molar-refractivity contribution is 1.06. The van der Waals surface area contributed by atoms with Crippen molar-refractivity contribution in [3.63, 3.8) is 0 Å². The number of hydrogen-bond acceptors (Lipinski definition) is 2. The highest BCUT2D eigenvalue weighted by Crippen LogP contribution is 2.21. The van der Waals surface area contributed by atoms with Crippen LogP contribution in [0.15, 0.2) is 35.1 Å². The number of aromatic amines is 2. The van der Waals surface area contributed by atoms with Crippen molar-refractivity contribution in [3.8, 4) is 11.3 Å². The molecular formula is C9H9N3O. The van der Waals surface area contributed by atoms with E-state index in [0.717, 1.165) is 5.56 Å². The smallest absolute Gasteiger partial charge is 0.264 e. The molecule has 0 spiro atoms. The quantitative estimate of drug-likeness (QED) is 0.564. The van der Waals surface area contributed by atoms with E-state index in [2.05, 4.69) is 10.2 Å². The van der Waals surface area contributed by atoms with Gasteiger partial charge in [-0.3, -0.25) is 15.0 Å². The molecule has 2 rings (SSSR count). The molecule has 0 saturated carbocycles. The number of nitrogens with two attached hydrogens (primary N) is 1. The van der Waals surface area contributed by atoms with Gasteiger partial charge in [0.2, 0.25) is 0 Å². The molecule has 1 aromatic carbocycles. The molecule has 0 radical (unpaired) electrons. The summed E-state index contributed by atoms with van der Waals surface area (Å²) in [7, 11) is 0. The van der Waals surface area contributed by atoms with Crippen LogP contribution in [0.25, 0.3) is 11.3 Å². The number of hydrogen-bond donors (Lipinski definition) is 3. The first-order chi connectivity index (χ1) is 6.27. The van der Waals surface area contributed by atoms with Gasteiger partial charge in [0, 0.05) is 17.3 Å². The van der Waals surface area contributed by atoms with Crippen molar-refractivity contribution in [2.24, 2.45) is 0 Å². The van der Waals surface area contributed by atoms with Crippen molar-refractivity contribution < 1.29 is 0 Å². The van der Waals surface area contributed by atoms with Crippen molar-refractivity contribution in [1.82, 2.24) is 10.2 Å². The molecule has 0 saturated heterocycles. The standard InChI is InChI=1S/C9H9N3O/c10-7-4-2-1-3-6(7)8-5-9(13)12-11-8/h1-5H,10H2,(H2,11,12,13). The van der Waals surface area contributed by atoms with Crippen molar-refractivity contribution in [2.45, 2.75) is 0 Å². The minimum Gasteiger partial charge on any atom is -0.398 e. The molecule has 0 atom stereocenters. The zero-order valence-corrected chi connectivity index (χ0v) is 6.87. The third kappa shape index (κ3) is 1.33. The number of anilines is 1. The van der Waals surface area contributed by atoms with E-state index in [9.17, 15) is 4.79 Å². The average Bonchev–Trinajstić information content (AvgIpc) is 2.53. The summed E-state index contributed by atoms with van der Waals surface area (Å²) in [4.78, 5) is 10.8. The summed E-state index contributed by atoms with van der Waals surface area (Å²) in [6.45, 7) is 0. The minimum absolute atomic E-state index is 0.154. The second-order valence-corrected chi connectivity index (χ2v) is 2.76. The Morgan fingerprint density at radius 3 is 2.54 bits per heavy atom. The highest BCUT2D eigenvalue weighted by Gasteiger charge is 2.02. The fraction of sp³-hybridized carbons (Fsp3) is 0. The van der Waals surface area contributed by atoms with Crippen LogP contribution in [0, 0.1) is 0 Å². The first kappa shape index (κ1) is 7.67. The molecular weight excluding hydrogens is 166 g/mol. The van der Waals surface area contributed by atoms with E-state index in [4.69, 9.17) is 5.73 Å². The number of benzene rings is 1. The number of para-hydroxylation sites is 1. The number of H-pyrrole nitrogens is 2. The lowest BCUT2D eigenvalue weighted by Gasteiger charge is -2.00. The molecule has 1 heterocycles. The summed E-state index contributed by atoms with van der Waals surface area (Å²) < 4.78 is 0. The minimum atomic E-state index is -0.154. The fourth-order valence-electron chi connectivity index (χ4n) is 1.22. The van der Waals surface area contributed by atoms with E-state index in [-0.39, 0.29) is 5.56 Å². The summed E-state index contributed by atoms with van der Waals surface area (Å²) in [5.41, 5.74) is 7.77. The molecule has 0 unspecified atom stereocenters. The maximum Gasteiger partial charge on any atom is 0.264 e. The van der Waals surface area contributed by atoms with Crippen LogP contribution in [0.3, 0.4) is 0 Å². The van der Waals surface area contributed by atoms with Crippen LogP contribution in [0.1, 0.15) is 0 Å². The lowest BCUT2D eigenvalue weighted by Crippen LogP contribution is -1.93. The number of rotatable bonds is 1. The Hall–Kier alpha value is -1.97. The Labute approximate surface area is 74.4 Å². The predicted octanol–water partition coefficient (Wildman–Crippen LogP) is 0.952. The molecule has 0 bridgehead atoms. The molecule has 0 fully saturated rings. The second kappa shape index (κ2) is 2.82. The van der Waals surface area contributed by atoms with Crippen LogP contribution >= 0.6 is 0 Å². The van der Waals surface area contributed by atoms with Gasteiger partial charge in [-0.1, -0.05) is 18.2 Å². The number of nitrogen functional groups attached to an aromatic ring is 1. The van der Waals surface area contributed by atoms with Gasteiger partial charge in [0.1, 0.15) is 0 Å². The van der Waals surface area contributed by atoms with Gasteiger partial charge in [-0.2, -0.15) is 0 Å². The van der Waals surface area contributed by atoms with Crippen molar-refractivity contribution >= 4 is 5.69 Å². The van der Waals surface area contributed by atoms with Crippen LogP contribution in [0.4, 0.5) is 5.69 Å². The topological polar surface area (TPSA) is 74.7 Å². The molecule has 4 heteroatoms. The van der Waals surface area contributed by atoms with Gasteiger partial charge >= 0.3 is 0 Å². The Kier molecular flexibility index (Phi) is 1.66. The van der Waals surface area contributed by atoms with Crippen LogP contribution in [0.5, 0.6) is 0 Å². The molecule has 4 nitrogen and oxygen atoms in total. The van der Waals surface area contributed by atoms with E-state index in [1.807, 2.05) is 18.2 Å². The maximum absolute atomic E-state index is 10.8. The molecule has 0 amide bonds. The van der Waals surface area contributed by atoms with E-state index in [1.165, 1.54) is 6.07 Å². The largest absolute Gasteiger partial charge is 0.398 e. The molecule has 66 valence electrons. The Morgan fingerprint density at radius 2 is 1.92 bits per heavy atom. The van der Waals surface area contributed by atoms with Gasteiger partial charge in [-0.15, -0.1) is 0 Å². The lowest BCUT2D eigenvalue weighted by atomic mass is 10.1. The molecule has 13 heavy (non-hydrogen) atoms. The van der Waals surface area contributed by atoms with Gasteiger partial charge in [0.05, 0.1) is 5.69 Å². The summed E-state index contributed by atoms with van der Waals surface area (Å²) in [5.74, 6) is 0. The van der Waals surface area contributed by atoms with Crippen LogP contribution < -0.4 is 11.3 Å². The van der Waals surface area contributed by atoms with Crippen molar-refractivity contribution in [3.05, 3.63) is 40.7 Å². The summed E-state index contributed by atoms with van der Waals surface area (Å²) in [5, 5.41) is 5.20.